The van der Waals surface area contributed by atoms with Gasteiger partial charge in [0.05, 0.1) is 5.69 Å². The second kappa shape index (κ2) is 2.54. The molecule has 3 rings (SSSR count). The predicted molar refractivity (Wildman–Crippen MR) is 51.3 cm³/mol. The summed E-state index contributed by atoms with van der Waals surface area (Å²) in [7, 11) is 1.98. The monoisotopic (exact) mass is 187 g/mol. The van der Waals surface area contributed by atoms with Crippen molar-refractivity contribution < 1.29 is 0 Å². The van der Waals surface area contributed by atoms with E-state index in [1.54, 1.807) is 4.68 Å². The molecule has 14 heavy (non-hydrogen) atoms. The number of anilines is 1. The van der Waals surface area contributed by atoms with Gasteiger partial charge in [-0.2, -0.15) is 4.68 Å². The van der Waals surface area contributed by atoms with E-state index in [0.717, 1.165) is 18.2 Å². The van der Waals surface area contributed by atoms with E-state index in [1.807, 2.05) is 30.1 Å². The van der Waals surface area contributed by atoms with Crippen molar-refractivity contribution in [3.05, 3.63) is 29.8 Å². The number of benzene rings is 1. The van der Waals surface area contributed by atoms with Gasteiger partial charge in [-0.25, -0.2) is 0 Å². The normalized spacial score (nSPS) is 13.6. The van der Waals surface area contributed by atoms with Crippen LogP contribution in [0, 0.1) is 0 Å². The van der Waals surface area contributed by atoms with Crippen LogP contribution in [-0.2, 0) is 6.54 Å². The molecule has 0 saturated carbocycles. The van der Waals surface area contributed by atoms with Crippen molar-refractivity contribution in [2.75, 3.05) is 11.9 Å². The van der Waals surface area contributed by atoms with Gasteiger partial charge in [-0.1, -0.05) is 23.3 Å². The highest BCUT2D eigenvalue weighted by Gasteiger charge is 2.21. The number of tetrazole rings is 1. The lowest BCUT2D eigenvalue weighted by Gasteiger charge is -2.24. The zero-order chi connectivity index (χ0) is 9.54. The standard InChI is InChI=1S/C9H9N5/c1-13-6-7-4-2-3-5-8(7)14-9(13)10-11-12-14/h2-5H,6H2,1H3. The Morgan fingerprint density at radius 2 is 2.14 bits per heavy atom. The Bertz CT molecular complexity index is 476. The molecule has 0 amide bonds. The van der Waals surface area contributed by atoms with E-state index in [-0.39, 0.29) is 0 Å². The second-order valence-electron chi connectivity index (χ2n) is 3.38. The molecule has 1 aromatic carbocycles. The fraction of sp³-hybridized carbons (Fsp3) is 0.222. The Balaban J connectivity index is 2.29. The van der Waals surface area contributed by atoms with Crippen molar-refractivity contribution in [3.8, 4) is 5.69 Å². The average molecular weight is 187 g/mol. The number of nitrogens with zero attached hydrogens (tertiary/aromatic N) is 5. The van der Waals surface area contributed by atoms with Crippen LogP contribution in [0.15, 0.2) is 24.3 Å². The number of hydrogen-bond acceptors (Lipinski definition) is 4. The van der Waals surface area contributed by atoms with E-state index in [2.05, 4.69) is 21.6 Å². The topological polar surface area (TPSA) is 46.8 Å². The molecule has 70 valence electrons. The van der Waals surface area contributed by atoms with Crippen LogP contribution >= 0.6 is 0 Å². The SMILES string of the molecule is CN1Cc2ccccc2-n2nnnc21. The van der Waals surface area contributed by atoms with E-state index in [4.69, 9.17) is 0 Å². The van der Waals surface area contributed by atoms with Gasteiger partial charge >= 0.3 is 0 Å². The van der Waals surface area contributed by atoms with Crippen LogP contribution in [0.3, 0.4) is 0 Å². The summed E-state index contributed by atoms with van der Waals surface area (Å²) in [4.78, 5) is 2.03. The molecule has 2 heterocycles. The van der Waals surface area contributed by atoms with E-state index in [0.29, 0.717) is 0 Å². The molecule has 2 aromatic rings. The molecule has 1 aliphatic heterocycles. The minimum atomic E-state index is 0.795. The van der Waals surface area contributed by atoms with Crippen molar-refractivity contribution in [1.82, 2.24) is 20.2 Å². The van der Waals surface area contributed by atoms with E-state index < -0.39 is 0 Å². The third-order valence-corrected chi connectivity index (χ3v) is 2.42. The smallest absolute Gasteiger partial charge is 0.250 e. The highest BCUT2D eigenvalue weighted by molar-refractivity contribution is 5.51. The zero-order valence-corrected chi connectivity index (χ0v) is 7.75. The lowest BCUT2D eigenvalue weighted by atomic mass is 10.1. The summed E-state index contributed by atoms with van der Waals surface area (Å²) < 4.78 is 1.76. The molecule has 0 radical (unpaired) electrons. The molecular formula is C9H9N5. The molecule has 0 aliphatic carbocycles. The van der Waals surface area contributed by atoms with Crippen molar-refractivity contribution in [2.45, 2.75) is 6.54 Å². The lowest BCUT2D eigenvalue weighted by molar-refractivity contribution is 0.733. The van der Waals surface area contributed by atoms with Crippen LogP contribution in [0.4, 0.5) is 5.95 Å². The van der Waals surface area contributed by atoms with Gasteiger partial charge in [0.15, 0.2) is 0 Å². The lowest BCUT2D eigenvalue weighted by Crippen LogP contribution is -2.26. The molecule has 1 aliphatic rings. The van der Waals surface area contributed by atoms with Crippen LogP contribution in [0.2, 0.25) is 0 Å². The minimum absolute atomic E-state index is 0.795. The summed E-state index contributed by atoms with van der Waals surface area (Å²) in [6.45, 7) is 0.858. The van der Waals surface area contributed by atoms with Crippen LogP contribution < -0.4 is 4.90 Å². The molecule has 5 heteroatoms. The Hall–Kier alpha value is -1.91. The van der Waals surface area contributed by atoms with Gasteiger partial charge in [-0.05, 0) is 22.1 Å². The van der Waals surface area contributed by atoms with Crippen molar-refractivity contribution in [3.63, 3.8) is 0 Å². The fourth-order valence-electron chi connectivity index (χ4n) is 1.75. The zero-order valence-electron chi connectivity index (χ0n) is 7.75. The number of rotatable bonds is 0. The highest BCUT2D eigenvalue weighted by Crippen LogP contribution is 2.25. The van der Waals surface area contributed by atoms with E-state index >= 15 is 0 Å². The van der Waals surface area contributed by atoms with Crippen LogP contribution in [0.25, 0.3) is 5.69 Å². The van der Waals surface area contributed by atoms with Gasteiger partial charge in [-0.15, -0.1) is 0 Å². The maximum absolute atomic E-state index is 3.96. The molecule has 1 aromatic heterocycles. The second-order valence-corrected chi connectivity index (χ2v) is 3.38. The fourth-order valence-corrected chi connectivity index (χ4v) is 1.75. The number of aromatic nitrogens is 4. The van der Waals surface area contributed by atoms with Crippen LogP contribution in [0.5, 0.6) is 0 Å². The molecule has 5 nitrogen and oxygen atoms in total. The first kappa shape index (κ1) is 7.49. The first-order chi connectivity index (χ1) is 6.86. The third kappa shape index (κ3) is 0.863. The van der Waals surface area contributed by atoms with Gasteiger partial charge in [0.1, 0.15) is 0 Å². The summed E-state index contributed by atoms with van der Waals surface area (Å²) in [6, 6.07) is 8.15. The third-order valence-electron chi connectivity index (χ3n) is 2.42. The predicted octanol–water partition coefficient (Wildman–Crippen LogP) is 0.612. The van der Waals surface area contributed by atoms with Gasteiger partial charge in [-0.3, -0.25) is 0 Å². The summed E-state index contributed by atoms with van der Waals surface area (Å²) in [6.07, 6.45) is 0. The summed E-state index contributed by atoms with van der Waals surface area (Å²) in [5.41, 5.74) is 2.32. The number of fused-ring (bicyclic) bond motifs is 3. The van der Waals surface area contributed by atoms with Crippen LogP contribution in [-0.4, -0.2) is 27.3 Å². The Labute approximate surface area is 81.0 Å². The van der Waals surface area contributed by atoms with Gasteiger partial charge in [0.2, 0.25) is 5.95 Å². The summed E-state index contributed by atoms with van der Waals surface area (Å²) in [5, 5.41) is 11.6. The van der Waals surface area contributed by atoms with E-state index in [9.17, 15) is 0 Å². The van der Waals surface area contributed by atoms with Crippen molar-refractivity contribution in [1.29, 1.82) is 0 Å². The quantitative estimate of drug-likeness (QED) is 0.606. The van der Waals surface area contributed by atoms with Gasteiger partial charge < -0.3 is 4.90 Å². The van der Waals surface area contributed by atoms with E-state index in [1.165, 1.54) is 5.56 Å². The molecule has 0 spiro atoms. The number of para-hydroxylation sites is 1. The maximum atomic E-state index is 3.96. The van der Waals surface area contributed by atoms with Gasteiger partial charge in [0, 0.05) is 13.6 Å². The molecular weight excluding hydrogens is 178 g/mol. The van der Waals surface area contributed by atoms with Crippen LogP contribution in [0.1, 0.15) is 5.56 Å². The molecule has 0 fully saturated rings. The largest absolute Gasteiger partial charge is 0.338 e. The molecule has 0 bridgehead atoms. The first-order valence-corrected chi connectivity index (χ1v) is 4.44. The first-order valence-electron chi connectivity index (χ1n) is 4.44. The van der Waals surface area contributed by atoms with Gasteiger partial charge in [0.25, 0.3) is 0 Å². The Kier molecular flexibility index (Phi) is 1.36. The molecule has 0 atom stereocenters. The molecule has 0 unspecified atom stereocenters. The summed E-state index contributed by atoms with van der Waals surface area (Å²) >= 11 is 0. The maximum Gasteiger partial charge on any atom is 0.250 e. The molecule has 0 N–H and O–H groups in total. The van der Waals surface area contributed by atoms with Crippen molar-refractivity contribution in [2.24, 2.45) is 0 Å². The number of hydrogen-bond donors (Lipinski definition) is 0. The highest BCUT2D eigenvalue weighted by atomic mass is 15.6. The summed E-state index contributed by atoms with van der Waals surface area (Å²) in [5.74, 6) is 0.795. The Morgan fingerprint density at radius 1 is 1.29 bits per heavy atom. The average Bonchev–Trinajstić information content (AvgIpc) is 2.67. The molecule has 0 saturated heterocycles. The Morgan fingerprint density at radius 3 is 3.07 bits per heavy atom. The van der Waals surface area contributed by atoms with Crippen molar-refractivity contribution >= 4 is 5.95 Å². The minimum Gasteiger partial charge on any atom is -0.338 e.